The summed E-state index contributed by atoms with van der Waals surface area (Å²) in [5.74, 6) is 0. The first kappa shape index (κ1) is 31.0. The first-order valence-electron chi connectivity index (χ1n) is 15.1. The van der Waals surface area contributed by atoms with Crippen molar-refractivity contribution in [1.29, 1.82) is 0 Å². The van der Waals surface area contributed by atoms with E-state index in [9.17, 15) is 0 Å². The molecule has 0 radical (unpaired) electrons. The second-order valence-corrected chi connectivity index (χ2v) is 10.6. The Labute approximate surface area is 199 Å². The third-order valence-electron chi connectivity index (χ3n) is 7.44. The number of unbranched alkanes of at least 4 members (excludes halogenated alkanes) is 18. The summed E-state index contributed by atoms with van der Waals surface area (Å²) in [4.78, 5) is 0. The average molecular weight is 439 g/mol. The Balaban J connectivity index is 4.20. The fourth-order valence-corrected chi connectivity index (χ4v) is 5.17. The van der Waals surface area contributed by atoms with Gasteiger partial charge in [0.05, 0.1) is 26.2 Å². The maximum Gasteiger partial charge on any atom is 0.0786 e. The normalized spacial score (nSPS) is 12.0. The predicted molar refractivity (Wildman–Crippen MR) is 144 cm³/mol. The van der Waals surface area contributed by atoms with Crippen LogP contribution in [0.5, 0.6) is 0 Å². The van der Waals surface area contributed by atoms with Gasteiger partial charge in [0, 0.05) is 0 Å². The third-order valence-corrected chi connectivity index (χ3v) is 7.44. The van der Waals surface area contributed by atoms with Crippen LogP contribution in [0.15, 0.2) is 0 Å². The molecule has 0 aliphatic heterocycles. The van der Waals surface area contributed by atoms with Crippen LogP contribution in [0.25, 0.3) is 0 Å². The Bertz CT molecular complexity index is 292. The van der Waals surface area contributed by atoms with Crippen LogP contribution in [-0.4, -0.2) is 30.7 Å². The highest BCUT2D eigenvalue weighted by atomic mass is 15.3. The zero-order valence-electron chi connectivity index (χ0n) is 22.8. The van der Waals surface area contributed by atoms with E-state index in [0.717, 1.165) is 0 Å². The summed E-state index contributed by atoms with van der Waals surface area (Å²) in [6.07, 6.45) is 31.8. The molecule has 0 rings (SSSR count). The van der Waals surface area contributed by atoms with Gasteiger partial charge >= 0.3 is 0 Å². The van der Waals surface area contributed by atoms with E-state index in [1.807, 2.05) is 0 Å². The van der Waals surface area contributed by atoms with E-state index in [1.54, 1.807) is 0 Å². The number of quaternary nitrogens is 1. The van der Waals surface area contributed by atoms with E-state index in [4.69, 9.17) is 0 Å². The molecule has 0 aromatic rings. The Morgan fingerprint density at radius 2 is 0.484 bits per heavy atom. The SMILES string of the molecule is CCCCCCCCCCC[N+](CCCC)(CCCC)CCCCCCCCCCC. The number of hydrogen-bond donors (Lipinski definition) is 0. The standard InChI is InChI=1S/C30H64N/c1-5-9-13-15-17-19-21-23-25-29-31(27-11-7-3,28-12-8-4)30-26-24-22-20-18-16-14-10-6-2/h5-30H2,1-4H3/q+1. The second kappa shape index (κ2) is 24.6. The van der Waals surface area contributed by atoms with Crippen LogP contribution in [0.1, 0.15) is 169 Å². The summed E-state index contributed by atoms with van der Waals surface area (Å²) < 4.78 is 1.45. The molecule has 1 heteroatoms. The van der Waals surface area contributed by atoms with Gasteiger partial charge < -0.3 is 4.48 Å². The highest BCUT2D eigenvalue weighted by Crippen LogP contribution is 2.19. The second-order valence-electron chi connectivity index (χ2n) is 10.6. The Kier molecular flexibility index (Phi) is 24.6. The minimum Gasteiger partial charge on any atom is -0.324 e. The average Bonchev–Trinajstić information content (AvgIpc) is 2.79. The Morgan fingerprint density at radius 1 is 0.258 bits per heavy atom. The van der Waals surface area contributed by atoms with Crippen LogP contribution in [0.3, 0.4) is 0 Å². The molecule has 0 spiro atoms. The molecule has 0 saturated carbocycles. The van der Waals surface area contributed by atoms with Crippen LogP contribution in [-0.2, 0) is 0 Å². The van der Waals surface area contributed by atoms with Gasteiger partial charge in [-0.05, 0) is 38.5 Å². The molecule has 188 valence electrons. The van der Waals surface area contributed by atoms with Gasteiger partial charge in [-0.3, -0.25) is 0 Å². The molecule has 0 saturated heterocycles. The minimum atomic E-state index is 1.36. The lowest BCUT2D eigenvalue weighted by Gasteiger charge is -2.39. The van der Waals surface area contributed by atoms with E-state index >= 15 is 0 Å². The van der Waals surface area contributed by atoms with Crippen molar-refractivity contribution in [2.24, 2.45) is 0 Å². The summed E-state index contributed by atoms with van der Waals surface area (Å²) in [5, 5.41) is 0. The van der Waals surface area contributed by atoms with Crippen molar-refractivity contribution in [2.75, 3.05) is 26.2 Å². The van der Waals surface area contributed by atoms with E-state index in [1.165, 1.54) is 172 Å². The van der Waals surface area contributed by atoms with E-state index < -0.39 is 0 Å². The molecule has 0 atom stereocenters. The van der Waals surface area contributed by atoms with Gasteiger partial charge in [0.25, 0.3) is 0 Å². The summed E-state index contributed by atoms with van der Waals surface area (Å²) >= 11 is 0. The summed E-state index contributed by atoms with van der Waals surface area (Å²) in [6, 6.07) is 0. The Morgan fingerprint density at radius 3 is 0.774 bits per heavy atom. The first-order chi connectivity index (χ1) is 15.2. The number of nitrogens with zero attached hydrogens (tertiary/aromatic N) is 1. The summed E-state index contributed by atoms with van der Waals surface area (Å²) in [5.41, 5.74) is 0. The molecule has 0 unspecified atom stereocenters. The highest BCUT2D eigenvalue weighted by Gasteiger charge is 2.25. The minimum absolute atomic E-state index is 1.36. The van der Waals surface area contributed by atoms with Crippen molar-refractivity contribution >= 4 is 0 Å². The lowest BCUT2D eigenvalue weighted by atomic mass is 10.0. The quantitative estimate of drug-likeness (QED) is 0.0930. The van der Waals surface area contributed by atoms with Crippen molar-refractivity contribution in [3.8, 4) is 0 Å². The maximum atomic E-state index is 2.38. The molecule has 0 N–H and O–H groups in total. The molecule has 1 nitrogen and oxygen atoms in total. The summed E-state index contributed by atoms with van der Waals surface area (Å²) in [6.45, 7) is 15.2. The van der Waals surface area contributed by atoms with Crippen LogP contribution < -0.4 is 0 Å². The fourth-order valence-electron chi connectivity index (χ4n) is 5.17. The molecule has 0 aliphatic rings. The van der Waals surface area contributed by atoms with Gasteiger partial charge in [-0.25, -0.2) is 0 Å². The third kappa shape index (κ3) is 20.3. The van der Waals surface area contributed by atoms with Crippen molar-refractivity contribution in [1.82, 2.24) is 0 Å². The zero-order valence-corrected chi connectivity index (χ0v) is 22.8. The van der Waals surface area contributed by atoms with Crippen molar-refractivity contribution in [2.45, 2.75) is 169 Å². The van der Waals surface area contributed by atoms with Gasteiger partial charge in [-0.15, -0.1) is 0 Å². The zero-order chi connectivity index (χ0) is 22.9. The molecule has 0 heterocycles. The van der Waals surface area contributed by atoms with Gasteiger partial charge in [0.15, 0.2) is 0 Å². The van der Waals surface area contributed by atoms with E-state index in [2.05, 4.69) is 27.7 Å². The number of rotatable bonds is 26. The molecule has 0 fully saturated rings. The molecule has 0 aromatic carbocycles. The Hall–Kier alpha value is -0.0400. The lowest BCUT2D eigenvalue weighted by molar-refractivity contribution is -0.929. The molecular formula is C30H64N+. The van der Waals surface area contributed by atoms with Gasteiger partial charge in [-0.2, -0.15) is 0 Å². The first-order valence-corrected chi connectivity index (χ1v) is 15.1. The smallest absolute Gasteiger partial charge is 0.0786 e. The van der Waals surface area contributed by atoms with Crippen LogP contribution in [0.4, 0.5) is 0 Å². The fraction of sp³-hybridized carbons (Fsp3) is 1.00. The van der Waals surface area contributed by atoms with Crippen molar-refractivity contribution in [3.63, 3.8) is 0 Å². The molecular weight excluding hydrogens is 374 g/mol. The van der Waals surface area contributed by atoms with E-state index in [0.29, 0.717) is 0 Å². The monoisotopic (exact) mass is 439 g/mol. The lowest BCUT2D eigenvalue weighted by Crippen LogP contribution is -2.50. The van der Waals surface area contributed by atoms with Crippen LogP contribution in [0.2, 0.25) is 0 Å². The number of hydrogen-bond acceptors (Lipinski definition) is 0. The topological polar surface area (TPSA) is 0 Å². The van der Waals surface area contributed by atoms with Crippen LogP contribution in [0, 0.1) is 0 Å². The van der Waals surface area contributed by atoms with Gasteiger partial charge in [-0.1, -0.05) is 130 Å². The van der Waals surface area contributed by atoms with Gasteiger partial charge in [0.2, 0.25) is 0 Å². The largest absolute Gasteiger partial charge is 0.324 e. The molecule has 0 amide bonds. The van der Waals surface area contributed by atoms with Gasteiger partial charge in [0.1, 0.15) is 0 Å². The van der Waals surface area contributed by atoms with Crippen LogP contribution >= 0.6 is 0 Å². The molecule has 0 aliphatic carbocycles. The van der Waals surface area contributed by atoms with Crippen molar-refractivity contribution < 1.29 is 4.48 Å². The summed E-state index contributed by atoms with van der Waals surface area (Å²) in [7, 11) is 0. The van der Waals surface area contributed by atoms with E-state index in [-0.39, 0.29) is 0 Å². The molecule has 0 aromatic heterocycles. The van der Waals surface area contributed by atoms with Crippen molar-refractivity contribution in [3.05, 3.63) is 0 Å². The predicted octanol–water partition coefficient (Wildman–Crippen LogP) is 10.5. The molecule has 31 heavy (non-hydrogen) atoms. The maximum absolute atomic E-state index is 2.38. The highest BCUT2D eigenvalue weighted by molar-refractivity contribution is 4.53. The molecule has 0 bridgehead atoms.